The average Bonchev–Trinajstić information content (AvgIpc) is 3.31. The van der Waals surface area contributed by atoms with E-state index in [1.807, 2.05) is 55.5 Å². The lowest BCUT2D eigenvalue weighted by atomic mass is 10.0. The molecule has 1 aromatic heterocycles. The molecule has 2 aliphatic rings. The number of benzene rings is 2. The monoisotopic (exact) mass is 476 g/mol. The lowest BCUT2D eigenvalue weighted by molar-refractivity contribution is 0.312. The van der Waals surface area contributed by atoms with Gasteiger partial charge in [-0.05, 0) is 55.4 Å². The van der Waals surface area contributed by atoms with E-state index in [1.54, 1.807) is 4.68 Å². The predicted molar refractivity (Wildman–Crippen MR) is 138 cm³/mol. The first-order valence-corrected chi connectivity index (χ1v) is 12.1. The third-order valence-electron chi connectivity index (χ3n) is 6.61. The Morgan fingerprint density at radius 1 is 1.09 bits per heavy atom. The van der Waals surface area contributed by atoms with Crippen molar-refractivity contribution in [3.63, 3.8) is 0 Å². The molecular weight excluding hydrogens is 448 g/mol. The molecule has 3 aromatic rings. The molecule has 1 fully saturated rings. The maximum Gasteiger partial charge on any atom is 0.290 e. The molecular formula is C27H29ClN4O2. The molecule has 0 N–H and O–H groups in total. The number of hydrogen-bond donors (Lipinski definition) is 0. The van der Waals surface area contributed by atoms with Crippen LogP contribution in [0.1, 0.15) is 16.7 Å². The van der Waals surface area contributed by atoms with Crippen molar-refractivity contribution in [3.8, 4) is 17.0 Å². The number of anilines is 1. The molecule has 2 aliphatic heterocycles. The van der Waals surface area contributed by atoms with E-state index in [0.29, 0.717) is 18.2 Å². The van der Waals surface area contributed by atoms with E-state index in [2.05, 4.69) is 22.9 Å². The van der Waals surface area contributed by atoms with Crippen LogP contribution in [0.2, 0.25) is 5.02 Å². The lowest BCUT2D eigenvalue weighted by Crippen LogP contribution is -2.47. The molecule has 0 radical (unpaired) electrons. The van der Waals surface area contributed by atoms with Crippen LogP contribution in [0.15, 0.2) is 53.3 Å². The fraction of sp³-hybridized carbons (Fsp3) is 0.333. The Labute approximate surface area is 205 Å². The van der Waals surface area contributed by atoms with Gasteiger partial charge in [0.2, 0.25) is 0 Å². The second-order valence-corrected chi connectivity index (χ2v) is 9.41. The van der Waals surface area contributed by atoms with Crippen LogP contribution in [0.25, 0.3) is 17.3 Å². The highest BCUT2D eigenvalue weighted by Gasteiger charge is 2.24. The summed E-state index contributed by atoms with van der Waals surface area (Å²) in [5, 5.41) is 5.54. The minimum absolute atomic E-state index is 0.0453. The molecule has 34 heavy (non-hydrogen) atoms. The number of rotatable bonds is 5. The summed E-state index contributed by atoms with van der Waals surface area (Å²) in [4.78, 5) is 18.1. The maximum atomic E-state index is 13.6. The zero-order chi connectivity index (χ0) is 23.7. The van der Waals surface area contributed by atoms with Gasteiger partial charge < -0.3 is 14.5 Å². The van der Waals surface area contributed by atoms with Crippen molar-refractivity contribution in [1.29, 1.82) is 0 Å². The van der Waals surface area contributed by atoms with Crippen LogP contribution < -0.4 is 15.2 Å². The van der Waals surface area contributed by atoms with Crippen LogP contribution in [-0.4, -0.2) is 54.5 Å². The quantitative estimate of drug-likeness (QED) is 0.550. The molecule has 5 rings (SSSR count). The number of halogens is 1. The van der Waals surface area contributed by atoms with Crippen molar-refractivity contribution >= 4 is 23.4 Å². The van der Waals surface area contributed by atoms with E-state index in [4.69, 9.17) is 21.4 Å². The molecule has 0 aliphatic carbocycles. The molecule has 0 atom stereocenters. The average molecular weight is 477 g/mol. The topological polar surface area (TPSA) is 50.6 Å². The molecule has 176 valence electrons. The van der Waals surface area contributed by atoms with Gasteiger partial charge in [-0.15, -0.1) is 0 Å². The molecule has 7 heteroatoms. The summed E-state index contributed by atoms with van der Waals surface area (Å²) < 4.78 is 7.28. The largest absolute Gasteiger partial charge is 0.493 e. The Balaban J connectivity index is 1.54. The molecule has 3 heterocycles. The van der Waals surface area contributed by atoms with E-state index in [-0.39, 0.29) is 5.56 Å². The fourth-order valence-corrected chi connectivity index (χ4v) is 4.76. The van der Waals surface area contributed by atoms with Crippen LogP contribution in [0.4, 0.5) is 5.69 Å². The van der Waals surface area contributed by atoms with Crippen LogP contribution in [0.5, 0.6) is 5.75 Å². The van der Waals surface area contributed by atoms with E-state index < -0.39 is 0 Å². The van der Waals surface area contributed by atoms with Crippen molar-refractivity contribution < 1.29 is 4.74 Å². The van der Waals surface area contributed by atoms with E-state index in [1.165, 1.54) is 5.56 Å². The molecule has 0 unspecified atom stereocenters. The Kier molecular flexibility index (Phi) is 6.44. The lowest BCUT2D eigenvalue weighted by Gasteiger charge is -2.34. The zero-order valence-corrected chi connectivity index (χ0v) is 20.4. The van der Waals surface area contributed by atoms with Crippen LogP contribution >= 0.6 is 11.6 Å². The number of piperazine rings is 1. The van der Waals surface area contributed by atoms with Gasteiger partial charge in [0.1, 0.15) is 11.4 Å². The maximum absolute atomic E-state index is 13.6. The molecule has 0 bridgehead atoms. The fourth-order valence-electron chi connectivity index (χ4n) is 4.63. The van der Waals surface area contributed by atoms with Gasteiger partial charge in [-0.3, -0.25) is 4.79 Å². The highest BCUT2D eigenvalue weighted by molar-refractivity contribution is 6.30. The Bertz CT molecular complexity index is 1280. The third-order valence-corrected chi connectivity index (χ3v) is 6.86. The van der Waals surface area contributed by atoms with Gasteiger partial charge in [0, 0.05) is 48.7 Å². The highest BCUT2D eigenvalue weighted by Crippen LogP contribution is 2.32. The molecule has 0 amide bonds. The molecule has 2 aromatic carbocycles. The summed E-state index contributed by atoms with van der Waals surface area (Å²) in [5.74, 6) is 0.944. The van der Waals surface area contributed by atoms with Gasteiger partial charge in [-0.25, -0.2) is 4.68 Å². The molecule has 0 saturated carbocycles. The molecule has 6 nitrogen and oxygen atoms in total. The number of likely N-dealkylation sites (N-methyl/N-ethyl adjacent to an activating group) is 1. The number of fused-ring (bicyclic) bond motifs is 1. The summed E-state index contributed by atoms with van der Waals surface area (Å²) in [5.41, 5.74) is 5.75. The Morgan fingerprint density at radius 2 is 1.85 bits per heavy atom. The second kappa shape index (κ2) is 9.65. The number of allylic oxidation sites excluding steroid dienone is 1. The van der Waals surface area contributed by atoms with Crippen molar-refractivity contribution in [3.05, 3.63) is 80.6 Å². The van der Waals surface area contributed by atoms with Crippen molar-refractivity contribution in [2.45, 2.75) is 19.9 Å². The third kappa shape index (κ3) is 4.61. The Hall–Kier alpha value is -3.09. The van der Waals surface area contributed by atoms with Gasteiger partial charge in [-0.1, -0.05) is 35.9 Å². The van der Waals surface area contributed by atoms with Gasteiger partial charge in [0.15, 0.2) is 0 Å². The first kappa shape index (κ1) is 22.7. The smallest absolute Gasteiger partial charge is 0.290 e. The zero-order valence-electron chi connectivity index (χ0n) is 19.6. The summed E-state index contributed by atoms with van der Waals surface area (Å²) >= 11 is 5.99. The molecule has 1 saturated heterocycles. The minimum Gasteiger partial charge on any atom is -0.493 e. The normalized spacial score (nSPS) is 16.1. The number of nitrogens with zero attached hydrogens (tertiary/aromatic N) is 4. The van der Waals surface area contributed by atoms with Gasteiger partial charge in [0.05, 0.1) is 18.8 Å². The Morgan fingerprint density at radius 3 is 2.62 bits per heavy atom. The van der Waals surface area contributed by atoms with Crippen molar-refractivity contribution in [2.75, 3.05) is 44.7 Å². The standard InChI is InChI=1S/C27H29ClN4O2/c1-19-25(22-7-10-24-21(18-22)11-17-34-24)29-32(12-3-4-20-5-8-23(28)9-6-20)27(33)26(19)31-15-13-30(2)14-16-31/h3-10,18H,11-17H2,1-2H3/b4-3+. The summed E-state index contributed by atoms with van der Waals surface area (Å²) in [6.07, 6.45) is 4.87. The second-order valence-electron chi connectivity index (χ2n) is 8.97. The van der Waals surface area contributed by atoms with Gasteiger partial charge >= 0.3 is 0 Å². The van der Waals surface area contributed by atoms with Gasteiger partial charge in [0.25, 0.3) is 5.56 Å². The predicted octanol–water partition coefficient (Wildman–Crippen LogP) is 4.27. The van der Waals surface area contributed by atoms with Crippen LogP contribution in [0.3, 0.4) is 0 Å². The summed E-state index contributed by atoms with van der Waals surface area (Å²) in [7, 11) is 2.12. The summed E-state index contributed by atoms with van der Waals surface area (Å²) in [6, 6.07) is 13.9. The van der Waals surface area contributed by atoms with Crippen molar-refractivity contribution in [2.24, 2.45) is 0 Å². The number of aromatic nitrogens is 2. The van der Waals surface area contributed by atoms with E-state index in [0.717, 1.165) is 66.4 Å². The van der Waals surface area contributed by atoms with Crippen LogP contribution in [0, 0.1) is 6.92 Å². The SMILES string of the molecule is Cc1c(-c2ccc3c(c2)CCO3)nn(C/C=C/c2ccc(Cl)cc2)c(=O)c1N1CCN(C)CC1. The highest BCUT2D eigenvalue weighted by atomic mass is 35.5. The number of hydrogen-bond acceptors (Lipinski definition) is 5. The van der Waals surface area contributed by atoms with Gasteiger partial charge in [-0.2, -0.15) is 5.10 Å². The van der Waals surface area contributed by atoms with Crippen molar-refractivity contribution in [1.82, 2.24) is 14.7 Å². The minimum atomic E-state index is -0.0453. The van der Waals surface area contributed by atoms with E-state index in [9.17, 15) is 4.79 Å². The van der Waals surface area contributed by atoms with Crippen LogP contribution in [-0.2, 0) is 13.0 Å². The first-order valence-electron chi connectivity index (χ1n) is 11.7. The van der Waals surface area contributed by atoms with E-state index >= 15 is 0 Å². The molecule has 0 spiro atoms. The first-order chi connectivity index (χ1) is 16.5. The summed E-state index contributed by atoms with van der Waals surface area (Å²) in [6.45, 7) is 6.65. The number of ether oxygens (including phenoxy) is 1.